The van der Waals surface area contributed by atoms with Gasteiger partial charge in [0.05, 0.1) is 6.42 Å². The number of benzene rings is 2. The molecule has 0 heterocycles. The topological polar surface area (TPSA) is 26.3 Å². The van der Waals surface area contributed by atoms with Gasteiger partial charge in [0.2, 0.25) is 5.76 Å². The molecule has 0 unspecified atom stereocenters. The quantitative estimate of drug-likeness (QED) is 0.619. The molecule has 0 aliphatic carbocycles. The van der Waals surface area contributed by atoms with Crippen LogP contribution in [-0.2, 0) is 16.0 Å². The van der Waals surface area contributed by atoms with Gasteiger partial charge in [-0.1, -0.05) is 60.7 Å². The highest BCUT2D eigenvalue weighted by Gasteiger charge is 2.37. The van der Waals surface area contributed by atoms with E-state index < -0.39 is 17.9 Å². The standard InChI is InChI=1S/C17H13F3O2/c18-17(19,20)15(11-13-7-3-1-4-8-13)22-16(21)12-14-9-5-2-6-10-14/h1-11H,12H2. The highest BCUT2D eigenvalue weighted by Crippen LogP contribution is 2.28. The van der Waals surface area contributed by atoms with E-state index in [1.165, 1.54) is 12.1 Å². The molecule has 2 aromatic rings. The molecule has 0 aliphatic rings. The molecule has 0 radical (unpaired) electrons. The van der Waals surface area contributed by atoms with Crippen LogP contribution in [-0.4, -0.2) is 12.1 Å². The average molecular weight is 306 g/mol. The van der Waals surface area contributed by atoms with E-state index in [0.29, 0.717) is 11.1 Å². The van der Waals surface area contributed by atoms with E-state index >= 15 is 0 Å². The first-order valence-electron chi connectivity index (χ1n) is 6.54. The van der Waals surface area contributed by atoms with Crippen molar-refractivity contribution >= 4 is 12.0 Å². The number of ether oxygens (including phenoxy) is 1. The number of halogens is 3. The second kappa shape index (κ2) is 6.93. The van der Waals surface area contributed by atoms with E-state index in [-0.39, 0.29) is 6.42 Å². The number of alkyl halides is 3. The van der Waals surface area contributed by atoms with Crippen molar-refractivity contribution in [2.75, 3.05) is 0 Å². The van der Waals surface area contributed by atoms with Crippen molar-refractivity contribution in [1.29, 1.82) is 0 Å². The Morgan fingerprint density at radius 3 is 2.05 bits per heavy atom. The van der Waals surface area contributed by atoms with Gasteiger partial charge in [0.1, 0.15) is 0 Å². The van der Waals surface area contributed by atoms with Gasteiger partial charge in [-0.25, -0.2) is 0 Å². The second-order valence-corrected chi connectivity index (χ2v) is 4.55. The molecule has 0 saturated carbocycles. The van der Waals surface area contributed by atoms with Crippen LogP contribution in [0.1, 0.15) is 11.1 Å². The Morgan fingerprint density at radius 1 is 0.955 bits per heavy atom. The van der Waals surface area contributed by atoms with E-state index in [2.05, 4.69) is 4.74 Å². The molecule has 22 heavy (non-hydrogen) atoms. The molecule has 2 nitrogen and oxygen atoms in total. The number of hydrogen-bond acceptors (Lipinski definition) is 2. The molecule has 114 valence electrons. The van der Waals surface area contributed by atoms with Crippen LogP contribution in [0.5, 0.6) is 0 Å². The SMILES string of the molecule is O=C(Cc1ccccc1)OC(=Cc1ccccc1)C(F)(F)F. The minimum atomic E-state index is -4.73. The van der Waals surface area contributed by atoms with Crippen molar-refractivity contribution < 1.29 is 22.7 Å². The third kappa shape index (κ3) is 4.77. The Kier molecular flexibility index (Phi) is 4.99. The Hall–Kier alpha value is -2.56. The highest BCUT2D eigenvalue weighted by molar-refractivity contribution is 5.74. The Morgan fingerprint density at radius 2 is 1.50 bits per heavy atom. The van der Waals surface area contributed by atoms with Gasteiger partial charge in [0.15, 0.2) is 0 Å². The maximum absolute atomic E-state index is 13.0. The van der Waals surface area contributed by atoms with E-state index in [0.717, 1.165) is 6.08 Å². The summed E-state index contributed by atoms with van der Waals surface area (Å²) in [6, 6.07) is 16.3. The van der Waals surface area contributed by atoms with Gasteiger partial charge >= 0.3 is 12.1 Å². The molecule has 0 N–H and O–H groups in total. The molecule has 0 amide bonds. The van der Waals surface area contributed by atoms with Crippen molar-refractivity contribution in [1.82, 2.24) is 0 Å². The number of esters is 1. The lowest BCUT2D eigenvalue weighted by Crippen LogP contribution is -2.19. The summed E-state index contributed by atoms with van der Waals surface area (Å²) in [6.07, 6.45) is -4.14. The Balaban J connectivity index is 2.14. The van der Waals surface area contributed by atoms with Crippen molar-refractivity contribution in [2.45, 2.75) is 12.6 Å². The van der Waals surface area contributed by atoms with Crippen LogP contribution in [0.3, 0.4) is 0 Å². The zero-order valence-corrected chi connectivity index (χ0v) is 11.5. The lowest BCUT2D eigenvalue weighted by Gasteiger charge is -2.12. The molecular formula is C17H13F3O2. The molecule has 0 saturated heterocycles. The fourth-order valence-electron chi connectivity index (χ4n) is 1.79. The summed E-state index contributed by atoms with van der Waals surface area (Å²) in [7, 11) is 0. The lowest BCUT2D eigenvalue weighted by molar-refractivity contribution is -0.158. The molecule has 0 atom stereocenters. The van der Waals surface area contributed by atoms with Crippen LogP contribution < -0.4 is 0 Å². The Labute approximate surface area is 125 Å². The molecule has 0 aromatic heterocycles. The van der Waals surface area contributed by atoms with Crippen molar-refractivity contribution in [3.8, 4) is 0 Å². The number of carbonyl (C=O) groups excluding carboxylic acids is 1. The minimum absolute atomic E-state index is 0.219. The first kappa shape index (κ1) is 15.8. The maximum atomic E-state index is 13.0. The molecule has 0 spiro atoms. The molecular weight excluding hydrogens is 293 g/mol. The zero-order chi connectivity index (χ0) is 16.0. The van der Waals surface area contributed by atoms with E-state index in [4.69, 9.17) is 0 Å². The van der Waals surface area contributed by atoms with Gasteiger partial charge < -0.3 is 4.74 Å². The van der Waals surface area contributed by atoms with E-state index in [9.17, 15) is 18.0 Å². The maximum Gasteiger partial charge on any atom is 0.449 e. The third-order valence-electron chi connectivity index (χ3n) is 2.79. The molecule has 0 fully saturated rings. The van der Waals surface area contributed by atoms with Crippen LogP contribution in [0.15, 0.2) is 66.4 Å². The summed E-state index contributed by atoms with van der Waals surface area (Å²) in [6.45, 7) is 0. The molecule has 2 rings (SSSR count). The van der Waals surface area contributed by atoms with Crippen molar-refractivity contribution in [3.05, 3.63) is 77.5 Å². The number of carbonyl (C=O) groups is 1. The lowest BCUT2D eigenvalue weighted by atomic mass is 10.1. The average Bonchev–Trinajstić information content (AvgIpc) is 2.48. The molecule has 5 heteroatoms. The fraction of sp³-hybridized carbons (Fsp3) is 0.118. The summed E-state index contributed by atoms with van der Waals surface area (Å²) >= 11 is 0. The zero-order valence-electron chi connectivity index (χ0n) is 11.5. The minimum Gasteiger partial charge on any atom is -0.421 e. The highest BCUT2D eigenvalue weighted by atomic mass is 19.4. The molecule has 2 aromatic carbocycles. The summed E-state index contributed by atoms with van der Waals surface area (Å²) in [4.78, 5) is 11.7. The number of allylic oxidation sites excluding steroid dienone is 1. The van der Waals surface area contributed by atoms with Gasteiger partial charge in [0.25, 0.3) is 0 Å². The molecule has 0 aliphatic heterocycles. The first-order chi connectivity index (χ1) is 10.4. The first-order valence-corrected chi connectivity index (χ1v) is 6.54. The van der Waals surface area contributed by atoms with Crippen LogP contribution in [0.2, 0.25) is 0 Å². The summed E-state index contributed by atoms with van der Waals surface area (Å²) in [5.74, 6) is -2.27. The van der Waals surface area contributed by atoms with Crippen LogP contribution >= 0.6 is 0 Å². The van der Waals surface area contributed by atoms with E-state index in [1.807, 2.05) is 0 Å². The number of rotatable bonds is 4. The largest absolute Gasteiger partial charge is 0.449 e. The predicted octanol–water partition coefficient (Wildman–Crippen LogP) is 4.38. The van der Waals surface area contributed by atoms with Crippen molar-refractivity contribution in [2.24, 2.45) is 0 Å². The monoisotopic (exact) mass is 306 g/mol. The van der Waals surface area contributed by atoms with Gasteiger partial charge in [-0.15, -0.1) is 0 Å². The normalized spacial score (nSPS) is 12.0. The predicted molar refractivity (Wildman–Crippen MR) is 76.7 cm³/mol. The van der Waals surface area contributed by atoms with Crippen LogP contribution in [0.25, 0.3) is 6.08 Å². The smallest absolute Gasteiger partial charge is 0.421 e. The van der Waals surface area contributed by atoms with Gasteiger partial charge in [0, 0.05) is 0 Å². The Bertz CT molecular complexity index is 647. The fourth-order valence-corrected chi connectivity index (χ4v) is 1.79. The van der Waals surface area contributed by atoms with Gasteiger partial charge in [-0.3, -0.25) is 4.79 Å². The summed E-state index contributed by atoms with van der Waals surface area (Å²) < 4.78 is 43.4. The number of hydrogen-bond donors (Lipinski definition) is 0. The van der Waals surface area contributed by atoms with Gasteiger partial charge in [-0.05, 0) is 17.2 Å². The van der Waals surface area contributed by atoms with Crippen LogP contribution in [0, 0.1) is 0 Å². The third-order valence-corrected chi connectivity index (χ3v) is 2.79. The van der Waals surface area contributed by atoms with Crippen molar-refractivity contribution in [3.63, 3.8) is 0 Å². The molecule has 0 bridgehead atoms. The second-order valence-electron chi connectivity index (χ2n) is 4.55. The van der Waals surface area contributed by atoms with Gasteiger partial charge in [-0.2, -0.15) is 13.2 Å². The van der Waals surface area contributed by atoms with E-state index in [1.54, 1.807) is 48.5 Å². The van der Waals surface area contributed by atoms with Crippen LogP contribution in [0.4, 0.5) is 13.2 Å². The summed E-state index contributed by atoms with van der Waals surface area (Å²) in [5.41, 5.74) is 0.899. The summed E-state index contributed by atoms with van der Waals surface area (Å²) in [5, 5.41) is 0.